The average Bonchev–Trinajstić information content (AvgIpc) is 2.55. The lowest BCUT2D eigenvalue weighted by Gasteiger charge is -2.24. The second-order valence-corrected chi connectivity index (χ2v) is 6.47. The van der Waals surface area contributed by atoms with Crippen LogP contribution in [0.3, 0.4) is 0 Å². The van der Waals surface area contributed by atoms with Crippen molar-refractivity contribution < 1.29 is 14.7 Å². The number of carboxylic acid groups (broad SMARTS) is 1. The summed E-state index contributed by atoms with van der Waals surface area (Å²) >= 11 is 0. The van der Waals surface area contributed by atoms with Crippen LogP contribution in [0.2, 0.25) is 0 Å². The van der Waals surface area contributed by atoms with Crippen molar-refractivity contribution >= 4 is 11.8 Å². The van der Waals surface area contributed by atoms with Crippen LogP contribution in [0.1, 0.15) is 74.4 Å². The second-order valence-electron chi connectivity index (χ2n) is 6.47. The smallest absolute Gasteiger partial charge is 0.306 e. The van der Waals surface area contributed by atoms with Crippen molar-refractivity contribution in [3.63, 3.8) is 0 Å². The molecule has 3 nitrogen and oxygen atoms in total. The molecule has 2 rings (SSSR count). The molecule has 1 aromatic carbocycles. The van der Waals surface area contributed by atoms with Crippen molar-refractivity contribution in [3.8, 4) is 0 Å². The molecule has 1 fully saturated rings. The van der Waals surface area contributed by atoms with E-state index in [4.69, 9.17) is 5.11 Å². The van der Waals surface area contributed by atoms with Crippen molar-refractivity contribution in [2.24, 2.45) is 11.8 Å². The van der Waals surface area contributed by atoms with E-state index in [1.807, 2.05) is 25.1 Å². The van der Waals surface area contributed by atoms with E-state index < -0.39 is 5.97 Å². The van der Waals surface area contributed by atoms with Crippen LogP contribution in [-0.4, -0.2) is 16.9 Å². The quantitative estimate of drug-likeness (QED) is 0.791. The number of hydrogen-bond acceptors (Lipinski definition) is 2. The van der Waals surface area contributed by atoms with Crippen LogP contribution in [-0.2, 0) is 11.2 Å². The topological polar surface area (TPSA) is 54.4 Å². The molecule has 0 atom stereocenters. The fourth-order valence-electron chi connectivity index (χ4n) is 3.32. The van der Waals surface area contributed by atoms with Crippen molar-refractivity contribution in [3.05, 3.63) is 34.9 Å². The Balaban J connectivity index is 0.000000231. The molecule has 0 saturated heterocycles. The molecule has 128 valence electrons. The number of carboxylic acids is 1. The molecule has 3 heteroatoms. The summed E-state index contributed by atoms with van der Waals surface area (Å²) < 4.78 is 0. The Hall–Kier alpha value is -1.64. The van der Waals surface area contributed by atoms with Gasteiger partial charge in [-0.3, -0.25) is 9.59 Å². The molecule has 1 aliphatic carbocycles. The Morgan fingerprint density at radius 2 is 1.74 bits per heavy atom. The first-order chi connectivity index (χ1) is 10.9. The van der Waals surface area contributed by atoms with Crippen LogP contribution >= 0.6 is 0 Å². The zero-order valence-electron chi connectivity index (χ0n) is 14.9. The second kappa shape index (κ2) is 9.49. The van der Waals surface area contributed by atoms with E-state index in [0.717, 1.165) is 43.6 Å². The number of hydrogen-bond donors (Lipinski definition) is 1. The van der Waals surface area contributed by atoms with Crippen LogP contribution < -0.4 is 0 Å². The molecule has 0 heterocycles. The van der Waals surface area contributed by atoms with E-state index >= 15 is 0 Å². The first-order valence-electron chi connectivity index (χ1n) is 8.72. The van der Waals surface area contributed by atoms with Gasteiger partial charge in [0.25, 0.3) is 0 Å². The van der Waals surface area contributed by atoms with Gasteiger partial charge in [-0.15, -0.1) is 0 Å². The summed E-state index contributed by atoms with van der Waals surface area (Å²) in [6.45, 7) is 7.93. The lowest BCUT2D eigenvalue weighted by molar-refractivity contribution is -0.143. The maximum atomic E-state index is 11.2. The zero-order valence-corrected chi connectivity index (χ0v) is 14.9. The average molecular weight is 318 g/mol. The van der Waals surface area contributed by atoms with Gasteiger partial charge < -0.3 is 5.11 Å². The first kappa shape index (κ1) is 19.4. The number of carbonyl (C=O) groups excluding carboxylic acids is 1. The van der Waals surface area contributed by atoms with E-state index in [9.17, 15) is 9.59 Å². The monoisotopic (exact) mass is 318 g/mol. The van der Waals surface area contributed by atoms with E-state index in [1.165, 1.54) is 17.5 Å². The number of Topliss-reactive ketones (excluding diaryl/α,β-unsaturated/α-hetero) is 1. The van der Waals surface area contributed by atoms with Gasteiger partial charge in [-0.1, -0.05) is 38.5 Å². The van der Waals surface area contributed by atoms with Crippen LogP contribution in [0.15, 0.2) is 18.2 Å². The van der Waals surface area contributed by atoms with Crippen molar-refractivity contribution in [2.45, 2.75) is 66.2 Å². The molecule has 0 unspecified atom stereocenters. The molecule has 0 radical (unpaired) electrons. The van der Waals surface area contributed by atoms with Gasteiger partial charge in [-0.05, 0) is 63.0 Å². The van der Waals surface area contributed by atoms with Gasteiger partial charge in [0, 0.05) is 5.56 Å². The summed E-state index contributed by atoms with van der Waals surface area (Å²) in [5.41, 5.74) is 3.27. The van der Waals surface area contributed by atoms with Gasteiger partial charge in [0.15, 0.2) is 5.78 Å². The number of rotatable bonds is 4. The summed E-state index contributed by atoms with van der Waals surface area (Å²) in [4.78, 5) is 21.7. The highest BCUT2D eigenvalue weighted by Gasteiger charge is 2.24. The summed E-state index contributed by atoms with van der Waals surface area (Å²) in [6, 6.07) is 5.88. The zero-order chi connectivity index (χ0) is 17.4. The number of benzene rings is 1. The molecule has 0 bridgehead atoms. The summed E-state index contributed by atoms with van der Waals surface area (Å²) in [7, 11) is 0. The molecule has 0 spiro atoms. The van der Waals surface area contributed by atoms with Crippen LogP contribution in [0.25, 0.3) is 0 Å². The Kier molecular flexibility index (Phi) is 8.01. The Bertz CT molecular complexity index is 526. The first-order valence-corrected chi connectivity index (χ1v) is 8.72. The molecule has 0 aromatic heterocycles. The molecule has 1 saturated carbocycles. The predicted octanol–water partition coefficient (Wildman–Crippen LogP) is 5.05. The van der Waals surface area contributed by atoms with Crippen LogP contribution in [0.5, 0.6) is 0 Å². The van der Waals surface area contributed by atoms with E-state index in [1.54, 1.807) is 6.92 Å². The number of ketones is 1. The summed E-state index contributed by atoms with van der Waals surface area (Å²) in [5.74, 6) is 0.318. The van der Waals surface area contributed by atoms with E-state index in [0.29, 0.717) is 0 Å². The van der Waals surface area contributed by atoms with Crippen molar-refractivity contribution in [2.75, 3.05) is 0 Å². The largest absolute Gasteiger partial charge is 0.481 e. The highest BCUT2D eigenvalue weighted by atomic mass is 16.4. The van der Waals surface area contributed by atoms with Gasteiger partial charge in [0.05, 0.1) is 5.92 Å². The third kappa shape index (κ3) is 5.81. The number of aryl methyl sites for hydroxylation is 1. The van der Waals surface area contributed by atoms with E-state index in [-0.39, 0.29) is 11.7 Å². The fraction of sp³-hybridized carbons (Fsp3) is 0.600. The van der Waals surface area contributed by atoms with Crippen LogP contribution in [0.4, 0.5) is 0 Å². The molecule has 0 amide bonds. The minimum absolute atomic E-state index is 0.0437. The molecular weight excluding hydrogens is 288 g/mol. The third-order valence-electron chi connectivity index (χ3n) is 4.92. The highest BCUT2D eigenvalue weighted by Crippen LogP contribution is 2.30. The summed E-state index contributed by atoms with van der Waals surface area (Å²) in [5, 5.41) is 8.70. The van der Waals surface area contributed by atoms with Gasteiger partial charge in [0.1, 0.15) is 0 Å². The number of carbonyl (C=O) groups is 2. The molecule has 23 heavy (non-hydrogen) atoms. The minimum atomic E-state index is -0.598. The lowest BCUT2D eigenvalue weighted by atomic mass is 9.81. The predicted molar refractivity (Wildman–Crippen MR) is 93.9 cm³/mol. The fourth-order valence-corrected chi connectivity index (χ4v) is 3.32. The van der Waals surface area contributed by atoms with Crippen molar-refractivity contribution in [1.29, 1.82) is 0 Å². The standard InChI is InChI=1S/C11H14O.C9H16O2/c1-4-10-8(2)6-5-7-11(10)9(3)12;1-2-7-3-5-8(6-4-7)9(10)11/h5-7H,4H2,1-3H3;7-8H,2-6H2,1H3,(H,10,11). The van der Waals surface area contributed by atoms with Gasteiger partial charge in [-0.2, -0.15) is 0 Å². The minimum Gasteiger partial charge on any atom is -0.481 e. The molecule has 0 aliphatic heterocycles. The molecule has 1 aromatic rings. The third-order valence-corrected chi connectivity index (χ3v) is 4.92. The molecular formula is C20H30O3. The van der Waals surface area contributed by atoms with Gasteiger partial charge in [-0.25, -0.2) is 0 Å². The SMILES string of the molecule is CCC1CCC(C(=O)O)CC1.CCc1c(C)cccc1C(C)=O. The maximum Gasteiger partial charge on any atom is 0.306 e. The van der Waals surface area contributed by atoms with E-state index in [2.05, 4.69) is 13.8 Å². The molecule has 1 aliphatic rings. The maximum absolute atomic E-state index is 11.2. The molecule has 1 N–H and O–H groups in total. The Labute approximate surface area is 140 Å². The van der Waals surface area contributed by atoms with Gasteiger partial charge in [0.2, 0.25) is 0 Å². The lowest BCUT2D eigenvalue weighted by Crippen LogP contribution is -2.20. The number of aliphatic carboxylic acids is 1. The van der Waals surface area contributed by atoms with Crippen LogP contribution in [0, 0.1) is 18.8 Å². The highest BCUT2D eigenvalue weighted by molar-refractivity contribution is 5.95. The van der Waals surface area contributed by atoms with Crippen molar-refractivity contribution in [1.82, 2.24) is 0 Å². The summed E-state index contributed by atoms with van der Waals surface area (Å²) in [6.07, 6.45) is 6.18. The van der Waals surface area contributed by atoms with Gasteiger partial charge >= 0.3 is 5.97 Å². The normalized spacial score (nSPS) is 20.3. The Morgan fingerprint density at radius 1 is 1.13 bits per heavy atom. The Morgan fingerprint density at radius 3 is 2.13 bits per heavy atom.